The third-order valence-electron chi connectivity index (χ3n) is 2.80. The summed E-state index contributed by atoms with van der Waals surface area (Å²) in [5.74, 6) is 1.10. The van der Waals surface area contributed by atoms with Crippen LogP contribution in [0.4, 0.5) is 0 Å². The highest BCUT2D eigenvalue weighted by Gasteiger charge is 2.27. The largest absolute Gasteiger partial charge is 0.469 e. The highest BCUT2D eigenvalue weighted by molar-refractivity contribution is 6.87. The zero-order valence-corrected chi connectivity index (χ0v) is 11.1. The summed E-state index contributed by atoms with van der Waals surface area (Å²) in [4.78, 5) is 2.24. The van der Waals surface area contributed by atoms with E-state index >= 15 is 0 Å². The van der Waals surface area contributed by atoms with Crippen molar-refractivity contribution in [2.24, 2.45) is 0 Å². The van der Waals surface area contributed by atoms with Crippen molar-refractivity contribution in [3.63, 3.8) is 0 Å². The molecule has 0 aliphatic carbocycles. The maximum atomic E-state index is 5.97. The van der Waals surface area contributed by atoms with E-state index in [9.17, 15) is 0 Å². The average molecular weight is 221 g/mol. The molecule has 2 nitrogen and oxygen atoms in total. The van der Waals surface area contributed by atoms with Crippen LogP contribution < -0.4 is 5.38 Å². The summed E-state index contributed by atoms with van der Waals surface area (Å²) in [7, 11) is 0.775. The number of fused-ring (bicyclic) bond motifs is 1. The van der Waals surface area contributed by atoms with E-state index in [4.69, 9.17) is 4.42 Å². The normalized spacial score (nSPS) is 18.0. The van der Waals surface area contributed by atoms with Crippen LogP contribution >= 0.6 is 0 Å². The summed E-state index contributed by atoms with van der Waals surface area (Å²) in [6.07, 6.45) is 0. The van der Waals surface area contributed by atoms with Gasteiger partial charge >= 0.3 is 0 Å². The van der Waals surface area contributed by atoms with Crippen molar-refractivity contribution >= 4 is 19.0 Å². The second-order valence-corrected chi connectivity index (χ2v) is 10.5. The van der Waals surface area contributed by atoms with Gasteiger partial charge in [0.05, 0.1) is 11.9 Å². The van der Waals surface area contributed by atoms with E-state index in [1.165, 1.54) is 16.5 Å². The molecule has 0 unspecified atom stereocenters. The second kappa shape index (κ2) is 3.35. The van der Waals surface area contributed by atoms with Gasteiger partial charge in [-0.25, -0.2) is 0 Å². The fourth-order valence-corrected chi connectivity index (χ4v) is 2.93. The fourth-order valence-electron chi connectivity index (χ4n) is 1.93. The third-order valence-corrected chi connectivity index (χ3v) is 4.53. The van der Waals surface area contributed by atoms with Gasteiger partial charge in [-0.05, 0) is 18.7 Å². The number of furan rings is 1. The summed E-state index contributed by atoms with van der Waals surface area (Å²) in [6, 6.07) is 2.22. The Bertz CT molecular complexity index is 400. The minimum Gasteiger partial charge on any atom is -0.469 e. The molecule has 3 heteroatoms. The van der Waals surface area contributed by atoms with Crippen LogP contribution in [-0.4, -0.2) is 26.6 Å². The molecule has 0 aromatic carbocycles. The summed E-state index contributed by atoms with van der Waals surface area (Å²) < 4.78 is 5.97. The number of rotatable bonds is 1. The standard InChI is InChI=1S/C12H19NOSi/c1-9-7-13(2)8-11-10(9)6-12(14-11)15(3,4)5/h6H,1,7-8H2,2-5H3. The lowest BCUT2D eigenvalue weighted by Gasteiger charge is -2.22. The topological polar surface area (TPSA) is 16.4 Å². The van der Waals surface area contributed by atoms with Crippen molar-refractivity contribution in [2.75, 3.05) is 13.6 Å². The Kier molecular flexibility index (Phi) is 2.39. The third kappa shape index (κ3) is 1.94. The Morgan fingerprint density at radius 1 is 1.33 bits per heavy atom. The molecule has 0 spiro atoms. The molecule has 0 radical (unpaired) electrons. The van der Waals surface area contributed by atoms with Gasteiger partial charge in [0.15, 0.2) is 0 Å². The highest BCUT2D eigenvalue weighted by Crippen LogP contribution is 2.26. The molecule has 0 amide bonds. The van der Waals surface area contributed by atoms with Crippen molar-refractivity contribution in [1.82, 2.24) is 4.90 Å². The van der Waals surface area contributed by atoms with Crippen LogP contribution in [0.25, 0.3) is 5.57 Å². The maximum absolute atomic E-state index is 5.97. The molecular weight excluding hydrogens is 202 g/mol. The van der Waals surface area contributed by atoms with Gasteiger partial charge in [-0.1, -0.05) is 26.2 Å². The molecule has 0 N–H and O–H groups in total. The lowest BCUT2D eigenvalue weighted by Crippen LogP contribution is -2.36. The van der Waals surface area contributed by atoms with Gasteiger partial charge in [-0.2, -0.15) is 0 Å². The zero-order chi connectivity index (χ0) is 11.2. The first-order valence-electron chi connectivity index (χ1n) is 5.38. The average Bonchev–Trinajstić information content (AvgIpc) is 2.46. The minimum absolute atomic E-state index is 0.916. The molecule has 0 bridgehead atoms. The Labute approximate surface area is 92.6 Å². The van der Waals surface area contributed by atoms with Crippen LogP contribution in [0, 0.1) is 0 Å². The van der Waals surface area contributed by atoms with Gasteiger partial charge in [-0.3, -0.25) is 4.90 Å². The Balaban J connectivity index is 2.44. The van der Waals surface area contributed by atoms with Crippen molar-refractivity contribution in [3.8, 4) is 0 Å². The molecule has 2 rings (SSSR count). The van der Waals surface area contributed by atoms with Crippen LogP contribution in [-0.2, 0) is 6.54 Å². The van der Waals surface area contributed by atoms with Crippen LogP contribution in [0.15, 0.2) is 17.1 Å². The van der Waals surface area contributed by atoms with Crippen molar-refractivity contribution in [1.29, 1.82) is 0 Å². The van der Waals surface area contributed by atoms with Crippen LogP contribution in [0.3, 0.4) is 0 Å². The SMILES string of the molecule is C=C1CN(C)Cc2oc([Si](C)(C)C)cc21. The van der Waals surface area contributed by atoms with Gasteiger partial charge < -0.3 is 4.42 Å². The molecule has 2 heterocycles. The minimum atomic E-state index is -1.33. The molecule has 0 fully saturated rings. The number of likely N-dealkylation sites (N-methyl/N-ethyl adjacent to an activating group) is 1. The predicted molar refractivity (Wildman–Crippen MR) is 67.1 cm³/mol. The van der Waals surface area contributed by atoms with Crippen LogP contribution in [0.1, 0.15) is 11.3 Å². The van der Waals surface area contributed by atoms with E-state index in [-0.39, 0.29) is 0 Å². The lowest BCUT2D eigenvalue weighted by molar-refractivity contribution is 0.319. The predicted octanol–water partition coefficient (Wildman–Crippen LogP) is 2.28. The fraction of sp³-hybridized carbons (Fsp3) is 0.500. The van der Waals surface area contributed by atoms with E-state index in [1.807, 2.05) is 0 Å². The molecular formula is C12H19NOSi. The Morgan fingerprint density at radius 3 is 2.60 bits per heavy atom. The lowest BCUT2D eigenvalue weighted by atomic mass is 10.0. The van der Waals surface area contributed by atoms with Gasteiger partial charge in [-0.15, -0.1) is 0 Å². The first kappa shape index (κ1) is 10.7. The monoisotopic (exact) mass is 221 g/mol. The van der Waals surface area contributed by atoms with Crippen LogP contribution in [0.5, 0.6) is 0 Å². The van der Waals surface area contributed by atoms with E-state index in [0.717, 1.165) is 18.8 Å². The zero-order valence-electron chi connectivity index (χ0n) is 10.1. The first-order chi connectivity index (χ1) is 6.88. The quantitative estimate of drug-likeness (QED) is 0.677. The van der Waals surface area contributed by atoms with Gasteiger partial charge in [0, 0.05) is 12.1 Å². The van der Waals surface area contributed by atoms with E-state index < -0.39 is 8.07 Å². The molecule has 1 aliphatic rings. The first-order valence-corrected chi connectivity index (χ1v) is 8.88. The van der Waals surface area contributed by atoms with Crippen molar-refractivity contribution < 1.29 is 4.42 Å². The molecule has 15 heavy (non-hydrogen) atoms. The summed E-state index contributed by atoms with van der Waals surface area (Å²) in [5, 5.41) is 1.20. The van der Waals surface area contributed by atoms with Gasteiger partial charge in [0.1, 0.15) is 13.8 Å². The highest BCUT2D eigenvalue weighted by atomic mass is 28.3. The molecule has 82 valence electrons. The number of hydrogen-bond donors (Lipinski definition) is 0. The molecule has 0 saturated heterocycles. The summed E-state index contributed by atoms with van der Waals surface area (Å²) in [6.45, 7) is 12.9. The van der Waals surface area contributed by atoms with Gasteiger partial charge in [0.2, 0.25) is 0 Å². The molecule has 1 aromatic rings. The summed E-state index contributed by atoms with van der Waals surface area (Å²) in [5.41, 5.74) is 2.44. The smallest absolute Gasteiger partial charge is 0.125 e. The van der Waals surface area contributed by atoms with E-state index in [1.54, 1.807) is 0 Å². The summed E-state index contributed by atoms with van der Waals surface area (Å²) >= 11 is 0. The van der Waals surface area contributed by atoms with Crippen molar-refractivity contribution in [3.05, 3.63) is 24.0 Å². The van der Waals surface area contributed by atoms with Crippen molar-refractivity contribution in [2.45, 2.75) is 26.2 Å². The second-order valence-electron chi connectivity index (χ2n) is 5.47. The Hall–Kier alpha value is -0.803. The maximum Gasteiger partial charge on any atom is 0.125 e. The Morgan fingerprint density at radius 2 is 2.00 bits per heavy atom. The van der Waals surface area contributed by atoms with E-state index in [2.05, 4.69) is 44.2 Å². The molecule has 0 saturated carbocycles. The number of hydrogen-bond acceptors (Lipinski definition) is 2. The van der Waals surface area contributed by atoms with Gasteiger partial charge in [0.25, 0.3) is 0 Å². The molecule has 1 aliphatic heterocycles. The van der Waals surface area contributed by atoms with Crippen LogP contribution in [0.2, 0.25) is 19.6 Å². The number of nitrogens with zero attached hydrogens (tertiary/aromatic N) is 1. The molecule has 1 aromatic heterocycles. The van der Waals surface area contributed by atoms with E-state index in [0.29, 0.717) is 0 Å². The molecule has 0 atom stereocenters.